The minimum Gasteiger partial charge on any atom is -0.353 e. The minimum absolute atomic E-state index is 0.0539. The Balaban J connectivity index is 1.30. The first kappa shape index (κ1) is 21.5. The van der Waals surface area contributed by atoms with E-state index in [9.17, 15) is 18.0 Å². The van der Waals surface area contributed by atoms with E-state index in [4.69, 9.17) is 4.98 Å². The summed E-state index contributed by atoms with van der Waals surface area (Å²) < 4.78 is 39.3. The van der Waals surface area contributed by atoms with E-state index in [0.29, 0.717) is 11.7 Å². The molecule has 6 rings (SSSR count). The van der Waals surface area contributed by atoms with Crippen LogP contribution in [-0.2, 0) is 11.0 Å². The second-order valence-corrected chi connectivity index (χ2v) is 8.81. The smallest absolute Gasteiger partial charge is 0.353 e. The molecule has 2 aliphatic heterocycles. The van der Waals surface area contributed by atoms with E-state index >= 15 is 0 Å². The standard InChI is InChI=1S/C26H24F3N3O/c27-26(28,29)22-4-2-1-3-18(22)8-14-25(33)30-20-9-12-23-19(15-20)7-13-24(31-23)32-16-17-5-10-21(32)11-6-17/h1-4,7-9,12-15,17,21H,5-6,10-11,16H2,(H,30,33)/b14-8+. The number of hydrogen-bond acceptors (Lipinski definition) is 3. The van der Waals surface area contributed by atoms with Gasteiger partial charge in [-0.25, -0.2) is 4.98 Å². The highest BCUT2D eigenvalue weighted by atomic mass is 19.4. The molecule has 33 heavy (non-hydrogen) atoms. The van der Waals surface area contributed by atoms with Gasteiger partial charge in [0.2, 0.25) is 5.91 Å². The number of halogens is 3. The third-order valence-corrected chi connectivity index (χ3v) is 6.63. The van der Waals surface area contributed by atoms with Crippen molar-refractivity contribution in [3.63, 3.8) is 0 Å². The number of piperidine rings is 2. The predicted molar refractivity (Wildman–Crippen MR) is 124 cm³/mol. The molecular formula is C26H24F3N3O. The summed E-state index contributed by atoms with van der Waals surface area (Å²) in [6.07, 6.45) is 2.91. The van der Waals surface area contributed by atoms with E-state index in [2.05, 4.69) is 10.2 Å². The van der Waals surface area contributed by atoms with Gasteiger partial charge in [0.05, 0.1) is 11.1 Å². The number of nitrogens with zero attached hydrogens (tertiary/aromatic N) is 2. The molecule has 7 heteroatoms. The number of anilines is 2. The van der Waals surface area contributed by atoms with E-state index in [0.717, 1.165) is 41.3 Å². The molecule has 1 saturated carbocycles. The van der Waals surface area contributed by atoms with Crippen molar-refractivity contribution in [1.29, 1.82) is 0 Å². The third kappa shape index (κ3) is 4.58. The highest BCUT2D eigenvalue weighted by molar-refractivity contribution is 6.03. The predicted octanol–water partition coefficient (Wildman–Crippen LogP) is 6.28. The molecule has 4 nitrogen and oxygen atoms in total. The number of carbonyl (C=O) groups excluding carboxylic acids is 1. The Hall–Kier alpha value is -3.35. The van der Waals surface area contributed by atoms with E-state index in [1.54, 1.807) is 6.07 Å². The van der Waals surface area contributed by atoms with E-state index in [-0.39, 0.29) is 5.56 Å². The minimum atomic E-state index is -4.48. The van der Waals surface area contributed by atoms with Gasteiger partial charge in [-0.2, -0.15) is 13.2 Å². The fraction of sp³-hybridized carbons (Fsp3) is 0.308. The van der Waals surface area contributed by atoms with Gasteiger partial charge in [-0.15, -0.1) is 0 Å². The number of benzene rings is 2. The van der Waals surface area contributed by atoms with Crippen molar-refractivity contribution in [3.8, 4) is 0 Å². The van der Waals surface area contributed by atoms with Crippen LogP contribution in [0.4, 0.5) is 24.7 Å². The lowest BCUT2D eigenvalue weighted by Gasteiger charge is -2.46. The summed E-state index contributed by atoms with van der Waals surface area (Å²) in [5.74, 6) is 1.27. The topological polar surface area (TPSA) is 45.2 Å². The van der Waals surface area contributed by atoms with Crippen LogP contribution in [0.5, 0.6) is 0 Å². The molecule has 3 aromatic rings. The lowest BCUT2D eigenvalue weighted by Crippen LogP contribution is -2.48. The van der Waals surface area contributed by atoms with Gasteiger partial charge < -0.3 is 10.2 Å². The fourth-order valence-corrected chi connectivity index (χ4v) is 4.95. The van der Waals surface area contributed by atoms with Crippen LogP contribution in [-0.4, -0.2) is 23.5 Å². The van der Waals surface area contributed by atoms with Gasteiger partial charge in [-0.05, 0) is 79.6 Å². The molecule has 2 bridgehead atoms. The quantitative estimate of drug-likeness (QED) is 0.475. The summed E-state index contributed by atoms with van der Waals surface area (Å²) in [5, 5.41) is 3.61. The van der Waals surface area contributed by atoms with Crippen molar-refractivity contribution in [3.05, 3.63) is 71.8 Å². The molecule has 170 valence electrons. The molecule has 0 unspecified atom stereocenters. The molecule has 2 aromatic carbocycles. The van der Waals surface area contributed by atoms with Crippen molar-refractivity contribution < 1.29 is 18.0 Å². The highest BCUT2D eigenvalue weighted by Crippen LogP contribution is 2.37. The summed E-state index contributed by atoms with van der Waals surface area (Å²) in [6, 6.07) is 15.2. The number of nitrogens with one attached hydrogen (secondary N) is 1. The zero-order valence-electron chi connectivity index (χ0n) is 18.0. The van der Waals surface area contributed by atoms with Crippen LogP contribution < -0.4 is 10.2 Å². The lowest BCUT2D eigenvalue weighted by molar-refractivity contribution is -0.137. The summed E-state index contributed by atoms with van der Waals surface area (Å²) in [5.41, 5.74) is 0.583. The maximum Gasteiger partial charge on any atom is 0.416 e. The first-order valence-corrected chi connectivity index (χ1v) is 11.2. The van der Waals surface area contributed by atoms with Gasteiger partial charge in [-0.1, -0.05) is 18.2 Å². The molecule has 0 atom stereocenters. The van der Waals surface area contributed by atoms with Crippen molar-refractivity contribution in [1.82, 2.24) is 4.98 Å². The van der Waals surface area contributed by atoms with Crippen molar-refractivity contribution in [2.75, 3.05) is 16.8 Å². The Morgan fingerprint density at radius 2 is 1.82 bits per heavy atom. The first-order valence-electron chi connectivity index (χ1n) is 11.2. The van der Waals surface area contributed by atoms with Crippen LogP contribution in [0.25, 0.3) is 17.0 Å². The Morgan fingerprint density at radius 1 is 1.03 bits per heavy atom. The number of alkyl halides is 3. The summed E-state index contributed by atoms with van der Waals surface area (Å²) >= 11 is 0. The van der Waals surface area contributed by atoms with Gasteiger partial charge in [-0.3, -0.25) is 4.79 Å². The Labute approximate surface area is 190 Å². The van der Waals surface area contributed by atoms with Crippen LogP contribution >= 0.6 is 0 Å². The molecule has 3 aliphatic rings. The largest absolute Gasteiger partial charge is 0.416 e. The number of pyridine rings is 1. The first-order chi connectivity index (χ1) is 15.9. The van der Waals surface area contributed by atoms with E-state index < -0.39 is 17.6 Å². The van der Waals surface area contributed by atoms with E-state index in [1.807, 2.05) is 24.3 Å². The lowest BCUT2D eigenvalue weighted by atomic mass is 9.80. The monoisotopic (exact) mass is 451 g/mol. The zero-order chi connectivity index (χ0) is 23.0. The van der Waals surface area contributed by atoms with Crippen LogP contribution in [0.2, 0.25) is 0 Å². The summed E-state index contributed by atoms with van der Waals surface area (Å²) in [4.78, 5) is 19.6. The number of rotatable bonds is 4. The second-order valence-electron chi connectivity index (χ2n) is 8.81. The van der Waals surface area contributed by atoms with Crippen molar-refractivity contribution in [2.24, 2.45) is 5.92 Å². The molecule has 3 heterocycles. The molecule has 3 fully saturated rings. The number of fused-ring (bicyclic) bond motifs is 4. The maximum atomic E-state index is 13.1. The van der Waals surface area contributed by atoms with Crippen LogP contribution in [0, 0.1) is 5.92 Å². The molecule has 1 amide bonds. The molecule has 1 aromatic heterocycles. The average molecular weight is 451 g/mol. The zero-order valence-corrected chi connectivity index (χ0v) is 18.0. The van der Waals surface area contributed by atoms with Crippen LogP contribution in [0.15, 0.2) is 60.7 Å². The molecule has 0 radical (unpaired) electrons. The highest BCUT2D eigenvalue weighted by Gasteiger charge is 2.34. The van der Waals surface area contributed by atoms with Gasteiger partial charge in [0, 0.05) is 29.7 Å². The number of carbonyl (C=O) groups is 1. The number of amides is 1. The second kappa shape index (κ2) is 8.54. The maximum absolute atomic E-state index is 13.1. The van der Waals surface area contributed by atoms with Gasteiger partial charge in [0.15, 0.2) is 0 Å². The van der Waals surface area contributed by atoms with Crippen LogP contribution in [0.1, 0.15) is 36.8 Å². The molecule has 0 spiro atoms. The molecule has 1 aliphatic carbocycles. The van der Waals surface area contributed by atoms with E-state index in [1.165, 1.54) is 50.0 Å². The van der Waals surface area contributed by atoms with Gasteiger partial charge >= 0.3 is 6.18 Å². The summed E-state index contributed by atoms with van der Waals surface area (Å²) in [6.45, 7) is 1.07. The third-order valence-electron chi connectivity index (χ3n) is 6.63. The SMILES string of the molecule is O=C(/C=C/c1ccccc1C(F)(F)F)Nc1ccc2nc(N3CC4CCC3CC4)ccc2c1. The average Bonchev–Trinajstić information content (AvgIpc) is 2.83. The normalized spacial score (nSPS) is 20.5. The fourth-order valence-electron chi connectivity index (χ4n) is 4.95. The summed E-state index contributed by atoms with van der Waals surface area (Å²) in [7, 11) is 0. The molecule has 2 saturated heterocycles. The van der Waals surface area contributed by atoms with Crippen LogP contribution in [0.3, 0.4) is 0 Å². The van der Waals surface area contributed by atoms with Crippen molar-refractivity contribution >= 4 is 34.4 Å². The molecule has 1 N–H and O–H groups in total. The number of hydrogen-bond donors (Lipinski definition) is 1. The number of aromatic nitrogens is 1. The Kier molecular flexibility index (Phi) is 5.56. The van der Waals surface area contributed by atoms with Gasteiger partial charge in [0.1, 0.15) is 5.82 Å². The van der Waals surface area contributed by atoms with Gasteiger partial charge in [0.25, 0.3) is 0 Å². The Bertz CT molecular complexity index is 1210. The van der Waals surface area contributed by atoms with Crippen molar-refractivity contribution in [2.45, 2.75) is 37.9 Å². The molecular weight excluding hydrogens is 427 g/mol. The Morgan fingerprint density at radius 3 is 2.55 bits per heavy atom.